The Morgan fingerprint density at radius 3 is 2.38 bits per heavy atom. The van der Waals surface area contributed by atoms with E-state index in [0.717, 1.165) is 18.2 Å². The van der Waals surface area contributed by atoms with E-state index in [1.165, 1.54) is 7.05 Å². The smallest absolute Gasteiger partial charge is 0.339 e. The molecule has 0 unspecified atom stereocenters. The van der Waals surface area contributed by atoms with Crippen molar-refractivity contribution in [3.8, 4) is 5.75 Å². The molecule has 0 bridgehead atoms. The second-order valence-electron chi connectivity index (χ2n) is 3.90. The van der Waals surface area contributed by atoms with Crippen LogP contribution in [0.4, 0.5) is 0 Å². The van der Waals surface area contributed by atoms with E-state index in [9.17, 15) is 26.7 Å². The van der Waals surface area contributed by atoms with Gasteiger partial charge in [0.15, 0.2) is 0 Å². The Balaban J connectivity index is 2.94. The van der Waals surface area contributed by atoms with Crippen molar-refractivity contribution in [2.45, 2.75) is 4.90 Å². The van der Waals surface area contributed by atoms with Crippen LogP contribution in [0.15, 0.2) is 23.1 Å². The van der Waals surface area contributed by atoms with Crippen LogP contribution in [0.3, 0.4) is 0 Å². The summed E-state index contributed by atoms with van der Waals surface area (Å²) in [5, 5.41) is 18.1. The quantitative estimate of drug-likeness (QED) is 0.493. The van der Waals surface area contributed by atoms with Gasteiger partial charge in [0.05, 0.1) is 10.6 Å². The Labute approximate surface area is 121 Å². The molecule has 9 nitrogen and oxygen atoms in total. The maximum absolute atomic E-state index is 11.9. The van der Waals surface area contributed by atoms with Gasteiger partial charge in [-0.15, -0.1) is 0 Å². The van der Waals surface area contributed by atoms with Gasteiger partial charge in [-0.2, -0.15) is 0 Å². The highest BCUT2D eigenvalue weighted by molar-refractivity contribution is 7.90. The molecule has 1 rings (SSSR count). The van der Waals surface area contributed by atoms with E-state index in [2.05, 4.69) is 0 Å². The first-order valence-electron chi connectivity index (χ1n) is 5.56. The number of benzene rings is 1. The number of rotatable bonds is 7. The van der Waals surface area contributed by atoms with Crippen LogP contribution in [0.2, 0.25) is 0 Å². The fraction of sp³-hybridized carbons (Fsp3) is 0.300. The van der Waals surface area contributed by atoms with Crippen LogP contribution in [-0.4, -0.2) is 52.4 Å². The summed E-state index contributed by atoms with van der Waals surface area (Å²) >= 11 is 0. The lowest BCUT2D eigenvalue weighted by Crippen LogP contribution is -2.33. The fourth-order valence-electron chi connectivity index (χ4n) is 1.35. The monoisotopic (exact) mass is 338 g/mol. The largest absolute Gasteiger partial charge is 0.507 e. The summed E-state index contributed by atoms with van der Waals surface area (Å²) in [5.41, 5.74) is -0.569. The Morgan fingerprint density at radius 1 is 1.24 bits per heavy atom. The van der Waals surface area contributed by atoms with Gasteiger partial charge >= 0.3 is 5.97 Å². The van der Waals surface area contributed by atoms with Gasteiger partial charge in [-0.25, -0.2) is 31.1 Å². The van der Waals surface area contributed by atoms with Crippen molar-refractivity contribution in [2.24, 2.45) is 0 Å². The van der Waals surface area contributed by atoms with Crippen molar-refractivity contribution in [2.75, 3.05) is 19.3 Å². The molecule has 0 saturated carbocycles. The SMILES string of the molecule is CNS(=O)(=O)CCNS(=O)(=O)c1ccc(O)c(C(=O)O)c1. The number of phenols is 1. The average molecular weight is 338 g/mol. The molecule has 0 saturated heterocycles. The maximum atomic E-state index is 11.9. The summed E-state index contributed by atoms with van der Waals surface area (Å²) in [7, 11) is -6.45. The first kappa shape index (κ1) is 17.4. The summed E-state index contributed by atoms with van der Waals surface area (Å²) in [6, 6.07) is 2.73. The zero-order valence-corrected chi connectivity index (χ0v) is 12.5. The topological polar surface area (TPSA) is 150 Å². The minimum Gasteiger partial charge on any atom is -0.507 e. The average Bonchev–Trinajstić information content (AvgIpc) is 2.38. The number of aromatic carboxylic acids is 1. The van der Waals surface area contributed by atoms with Gasteiger partial charge in [-0.05, 0) is 25.2 Å². The van der Waals surface area contributed by atoms with Gasteiger partial charge < -0.3 is 10.2 Å². The van der Waals surface area contributed by atoms with E-state index in [1.54, 1.807) is 0 Å². The number of carbonyl (C=O) groups is 1. The van der Waals surface area contributed by atoms with Gasteiger partial charge in [0.2, 0.25) is 20.0 Å². The molecule has 1 aromatic rings. The van der Waals surface area contributed by atoms with Crippen LogP contribution in [0.1, 0.15) is 10.4 Å². The molecule has 1 aromatic carbocycles. The van der Waals surface area contributed by atoms with Crippen molar-refractivity contribution < 1.29 is 31.8 Å². The Morgan fingerprint density at radius 2 is 1.86 bits per heavy atom. The molecule has 0 spiro atoms. The first-order valence-corrected chi connectivity index (χ1v) is 8.70. The highest BCUT2D eigenvalue weighted by Gasteiger charge is 2.19. The number of nitrogens with one attached hydrogen (secondary N) is 2. The number of carboxylic acid groups (broad SMARTS) is 1. The third-order valence-corrected chi connectivity index (χ3v) is 5.30. The Hall–Kier alpha value is -1.69. The third-order valence-electron chi connectivity index (χ3n) is 2.48. The summed E-state index contributed by atoms with van der Waals surface area (Å²) in [6.07, 6.45) is 0. The lowest BCUT2D eigenvalue weighted by Gasteiger charge is -2.08. The van der Waals surface area contributed by atoms with Crippen molar-refractivity contribution >= 4 is 26.0 Å². The zero-order valence-electron chi connectivity index (χ0n) is 10.9. The predicted octanol–water partition coefficient (Wildman–Crippen LogP) is -1.08. The first-order chi connectivity index (χ1) is 9.59. The normalized spacial score (nSPS) is 12.2. The number of carboxylic acids is 1. The zero-order chi connectivity index (χ0) is 16.3. The number of aromatic hydroxyl groups is 1. The van der Waals surface area contributed by atoms with E-state index in [0.29, 0.717) is 0 Å². The van der Waals surface area contributed by atoms with Crippen molar-refractivity contribution in [1.82, 2.24) is 9.44 Å². The summed E-state index contributed by atoms with van der Waals surface area (Å²) in [4.78, 5) is 10.4. The molecule has 0 radical (unpaired) electrons. The second kappa shape index (κ2) is 6.39. The lowest BCUT2D eigenvalue weighted by atomic mass is 10.2. The van der Waals surface area contributed by atoms with E-state index >= 15 is 0 Å². The second-order valence-corrected chi connectivity index (χ2v) is 7.72. The molecule has 0 aliphatic heterocycles. The molecule has 118 valence electrons. The Kier molecular flexibility index (Phi) is 5.28. The van der Waals surface area contributed by atoms with Gasteiger partial charge in [0.25, 0.3) is 0 Å². The van der Waals surface area contributed by atoms with Crippen LogP contribution in [0.5, 0.6) is 5.75 Å². The van der Waals surface area contributed by atoms with E-state index in [1.807, 2.05) is 9.44 Å². The van der Waals surface area contributed by atoms with Crippen LogP contribution < -0.4 is 9.44 Å². The van der Waals surface area contributed by atoms with E-state index in [4.69, 9.17) is 5.11 Å². The molecule has 4 N–H and O–H groups in total. The summed E-state index contributed by atoms with van der Waals surface area (Å²) < 4.78 is 50.1. The van der Waals surface area contributed by atoms with Gasteiger partial charge in [-0.3, -0.25) is 0 Å². The number of hydrogen-bond acceptors (Lipinski definition) is 6. The van der Waals surface area contributed by atoms with E-state index < -0.39 is 43.1 Å². The molecule has 0 fully saturated rings. The van der Waals surface area contributed by atoms with Gasteiger partial charge in [0, 0.05) is 6.54 Å². The van der Waals surface area contributed by atoms with Crippen molar-refractivity contribution in [3.63, 3.8) is 0 Å². The highest BCUT2D eigenvalue weighted by atomic mass is 32.2. The molecule has 0 amide bonds. The molecule has 11 heteroatoms. The Bertz CT molecular complexity index is 741. The van der Waals surface area contributed by atoms with Crippen molar-refractivity contribution in [1.29, 1.82) is 0 Å². The highest BCUT2D eigenvalue weighted by Crippen LogP contribution is 2.21. The molecular formula is C10H14N2O7S2. The maximum Gasteiger partial charge on any atom is 0.339 e. The predicted molar refractivity (Wildman–Crippen MR) is 73.1 cm³/mol. The minimum atomic E-state index is -4.08. The molecule has 0 aromatic heterocycles. The molecule has 21 heavy (non-hydrogen) atoms. The fourth-order valence-corrected chi connectivity index (χ4v) is 3.11. The van der Waals surface area contributed by atoms with Crippen LogP contribution in [-0.2, 0) is 20.0 Å². The molecule has 0 atom stereocenters. The van der Waals surface area contributed by atoms with Crippen molar-refractivity contribution in [3.05, 3.63) is 23.8 Å². The van der Waals surface area contributed by atoms with Gasteiger partial charge in [-0.1, -0.05) is 0 Å². The molecule has 0 heterocycles. The minimum absolute atomic E-state index is 0.380. The number of sulfonamides is 2. The van der Waals surface area contributed by atoms with Crippen LogP contribution in [0, 0.1) is 0 Å². The van der Waals surface area contributed by atoms with Gasteiger partial charge in [0.1, 0.15) is 11.3 Å². The van der Waals surface area contributed by atoms with Crippen LogP contribution >= 0.6 is 0 Å². The third kappa shape index (κ3) is 4.67. The standard InChI is InChI=1S/C10H14N2O7S2/c1-11-20(16,17)5-4-12-21(18,19)7-2-3-9(13)8(6-7)10(14)15/h2-3,6,11-13H,4-5H2,1H3,(H,14,15). The molecule has 0 aliphatic rings. The molecular weight excluding hydrogens is 324 g/mol. The van der Waals surface area contributed by atoms with E-state index in [-0.39, 0.29) is 11.4 Å². The lowest BCUT2D eigenvalue weighted by molar-refractivity contribution is 0.0693. The summed E-state index contributed by atoms with van der Waals surface area (Å²) in [5.74, 6) is -2.52. The number of hydrogen-bond donors (Lipinski definition) is 4. The summed E-state index contributed by atoms with van der Waals surface area (Å²) in [6.45, 7) is -0.380. The van der Waals surface area contributed by atoms with Crippen LogP contribution in [0.25, 0.3) is 0 Å². The molecule has 0 aliphatic carbocycles.